The van der Waals surface area contributed by atoms with Gasteiger partial charge in [-0.2, -0.15) is 17.2 Å². The topological polar surface area (TPSA) is 131 Å². The molecule has 1 aliphatic heterocycles. The first-order valence-corrected chi connectivity index (χ1v) is 13.1. The van der Waals surface area contributed by atoms with Crippen molar-refractivity contribution >= 4 is 49.9 Å². The standard InChI is InChI=1S/C22H18F2N4O2S.CH4O3S/c1-2-30-17-8-10-25-16-7-6-14(11-15(16)17)12-18-20(29)28-21(31-18)27-13-22(23,24)19-5-3-4-9-26-19;1-5(2,3)4/h3-12H,2,13H2,1H3,(H,27,28,29);1H3,(H,2,3,4)/b18-12-;. The third kappa shape index (κ3) is 7.80. The Morgan fingerprint density at radius 1 is 1.19 bits per heavy atom. The molecule has 0 unspecified atom stereocenters. The molecule has 2 aromatic heterocycles. The number of nitrogens with zero attached hydrogens (tertiary/aromatic N) is 3. The first-order chi connectivity index (χ1) is 17.0. The molecular formula is C23H22F2N4O5S2. The van der Waals surface area contributed by atoms with E-state index in [0.29, 0.717) is 23.5 Å². The number of amidine groups is 1. The van der Waals surface area contributed by atoms with Gasteiger partial charge in [-0.05, 0) is 60.7 Å². The number of nitrogens with one attached hydrogen (secondary N) is 1. The number of halogens is 2. The number of alkyl halides is 2. The maximum Gasteiger partial charge on any atom is 0.308 e. The van der Waals surface area contributed by atoms with Crippen molar-refractivity contribution in [3.8, 4) is 5.75 Å². The molecule has 9 nitrogen and oxygen atoms in total. The van der Waals surface area contributed by atoms with E-state index >= 15 is 0 Å². The van der Waals surface area contributed by atoms with E-state index < -0.39 is 22.6 Å². The summed E-state index contributed by atoms with van der Waals surface area (Å²) >= 11 is 1.02. The Morgan fingerprint density at radius 2 is 1.94 bits per heavy atom. The molecule has 0 bridgehead atoms. The fourth-order valence-electron chi connectivity index (χ4n) is 2.99. The number of carbonyl (C=O) groups is 1. The van der Waals surface area contributed by atoms with Gasteiger partial charge < -0.3 is 10.1 Å². The summed E-state index contributed by atoms with van der Waals surface area (Å²) in [7, 11) is -3.67. The summed E-state index contributed by atoms with van der Waals surface area (Å²) in [4.78, 5) is 24.6. The van der Waals surface area contributed by atoms with Crippen LogP contribution in [0.3, 0.4) is 0 Å². The zero-order chi connectivity index (χ0) is 26.3. The van der Waals surface area contributed by atoms with Crippen LogP contribution in [0.25, 0.3) is 17.0 Å². The van der Waals surface area contributed by atoms with Crippen LogP contribution in [-0.4, -0.2) is 53.4 Å². The van der Waals surface area contributed by atoms with Gasteiger partial charge in [-0.25, -0.2) is 0 Å². The van der Waals surface area contributed by atoms with Crippen molar-refractivity contribution in [2.75, 3.05) is 19.4 Å². The Balaban J connectivity index is 0.000000658. The highest BCUT2D eigenvalue weighted by Crippen LogP contribution is 2.31. The van der Waals surface area contributed by atoms with E-state index in [9.17, 15) is 22.0 Å². The van der Waals surface area contributed by atoms with Crippen molar-refractivity contribution in [1.82, 2.24) is 15.3 Å². The third-order valence-corrected chi connectivity index (χ3v) is 5.38. The average molecular weight is 537 g/mol. The predicted molar refractivity (Wildman–Crippen MR) is 135 cm³/mol. The van der Waals surface area contributed by atoms with E-state index in [1.165, 1.54) is 18.3 Å². The van der Waals surface area contributed by atoms with Crippen molar-refractivity contribution < 1.29 is 31.3 Å². The number of pyridine rings is 2. The molecule has 0 aliphatic carbocycles. The Morgan fingerprint density at radius 3 is 2.61 bits per heavy atom. The van der Waals surface area contributed by atoms with Crippen LogP contribution < -0.4 is 10.1 Å². The lowest BCUT2D eigenvalue weighted by Crippen LogP contribution is -2.24. The molecule has 0 atom stereocenters. The van der Waals surface area contributed by atoms with E-state index in [4.69, 9.17) is 9.29 Å². The second-order valence-corrected chi connectivity index (χ2v) is 9.85. The number of hydrogen-bond acceptors (Lipinski definition) is 8. The molecule has 4 rings (SSSR count). The lowest BCUT2D eigenvalue weighted by atomic mass is 10.1. The highest BCUT2D eigenvalue weighted by molar-refractivity contribution is 8.18. The van der Waals surface area contributed by atoms with Gasteiger partial charge in [0.2, 0.25) is 0 Å². The van der Waals surface area contributed by atoms with Crippen molar-refractivity contribution in [2.24, 2.45) is 4.99 Å². The summed E-state index contributed by atoms with van der Waals surface area (Å²) in [5.74, 6) is -2.91. The molecule has 36 heavy (non-hydrogen) atoms. The molecule has 1 aliphatic rings. The number of carbonyl (C=O) groups excluding carboxylic acids is 1. The third-order valence-electron chi connectivity index (χ3n) is 4.43. The fourth-order valence-corrected chi connectivity index (χ4v) is 3.81. The van der Waals surface area contributed by atoms with E-state index in [1.54, 1.807) is 24.4 Å². The lowest BCUT2D eigenvalue weighted by Gasteiger charge is -2.12. The van der Waals surface area contributed by atoms with Gasteiger partial charge in [0, 0.05) is 17.8 Å². The molecule has 1 amide bonds. The van der Waals surface area contributed by atoms with E-state index in [0.717, 1.165) is 28.2 Å². The molecule has 1 saturated heterocycles. The highest BCUT2D eigenvalue weighted by atomic mass is 32.2. The smallest absolute Gasteiger partial charge is 0.308 e. The summed E-state index contributed by atoms with van der Waals surface area (Å²) in [6, 6.07) is 11.6. The van der Waals surface area contributed by atoms with Crippen molar-refractivity contribution in [1.29, 1.82) is 0 Å². The Hall–Kier alpha value is -3.42. The van der Waals surface area contributed by atoms with Crippen molar-refractivity contribution in [3.63, 3.8) is 0 Å². The summed E-state index contributed by atoms with van der Waals surface area (Å²) < 4.78 is 60.1. The number of amides is 1. The number of aliphatic imine (C=N–C) groups is 1. The quantitative estimate of drug-likeness (QED) is 0.359. The number of benzene rings is 1. The number of aromatic nitrogens is 2. The van der Waals surface area contributed by atoms with Gasteiger partial charge in [0.25, 0.3) is 16.0 Å². The van der Waals surface area contributed by atoms with Gasteiger partial charge in [0.15, 0.2) is 5.17 Å². The van der Waals surface area contributed by atoms with Crippen LogP contribution in [0.15, 0.2) is 64.8 Å². The van der Waals surface area contributed by atoms with Crippen LogP contribution in [0.4, 0.5) is 8.78 Å². The van der Waals surface area contributed by atoms with Crippen LogP contribution in [0.1, 0.15) is 18.2 Å². The minimum Gasteiger partial charge on any atom is -0.493 e. The average Bonchev–Trinajstić information content (AvgIpc) is 3.17. The van der Waals surface area contributed by atoms with E-state index in [2.05, 4.69) is 20.3 Å². The molecule has 0 spiro atoms. The van der Waals surface area contributed by atoms with Crippen LogP contribution in [0, 0.1) is 0 Å². The normalized spacial score (nSPS) is 16.1. The van der Waals surface area contributed by atoms with Gasteiger partial charge >= 0.3 is 5.92 Å². The molecular weight excluding hydrogens is 514 g/mol. The second kappa shape index (κ2) is 11.5. The summed E-state index contributed by atoms with van der Waals surface area (Å²) in [5, 5.41) is 3.49. The first kappa shape index (κ1) is 27.2. The van der Waals surface area contributed by atoms with Gasteiger partial charge in [-0.15, -0.1) is 0 Å². The molecule has 2 N–H and O–H groups in total. The number of hydrogen-bond donors (Lipinski definition) is 2. The SMILES string of the molecule is CCOc1ccnc2ccc(/C=C3\SC(=NCC(F)(F)c4ccccn4)NC3=O)cc12.CS(=O)(=O)O. The number of ether oxygens (including phenoxy) is 1. The number of thioether (sulfide) groups is 1. The minimum atomic E-state index is -3.67. The molecule has 0 radical (unpaired) electrons. The van der Waals surface area contributed by atoms with Crippen molar-refractivity contribution in [2.45, 2.75) is 12.8 Å². The summed E-state index contributed by atoms with van der Waals surface area (Å²) in [5.41, 5.74) is 1.18. The van der Waals surface area contributed by atoms with Crippen LogP contribution in [-0.2, 0) is 20.8 Å². The van der Waals surface area contributed by atoms with E-state index in [-0.39, 0.29) is 16.8 Å². The van der Waals surface area contributed by atoms with Crippen molar-refractivity contribution in [3.05, 3.63) is 71.0 Å². The lowest BCUT2D eigenvalue weighted by molar-refractivity contribution is -0.115. The number of rotatable bonds is 6. The Labute approximate surface area is 210 Å². The molecule has 3 aromatic rings. The van der Waals surface area contributed by atoms with Gasteiger partial charge in [0.05, 0.1) is 23.3 Å². The fraction of sp³-hybridized carbons (Fsp3) is 0.217. The molecule has 0 saturated carbocycles. The zero-order valence-corrected chi connectivity index (χ0v) is 20.8. The monoisotopic (exact) mass is 536 g/mol. The summed E-state index contributed by atoms with van der Waals surface area (Å²) in [6.07, 6.45) is 5.38. The maximum atomic E-state index is 14.3. The maximum absolute atomic E-state index is 14.3. The second-order valence-electron chi connectivity index (χ2n) is 7.36. The minimum absolute atomic E-state index is 0.129. The molecule has 1 fully saturated rings. The molecule has 3 heterocycles. The first-order valence-electron chi connectivity index (χ1n) is 10.4. The predicted octanol–water partition coefficient (Wildman–Crippen LogP) is 3.88. The summed E-state index contributed by atoms with van der Waals surface area (Å²) in [6.45, 7) is 1.61. The molecule has 190 valence electrons. The Kier molecular flexibility index (Phi) is 8.71. The zero-order valence-electron chi connectivity index (χ0n) is 19.2. The van der Waals surface area contributed by atoms with Crippen LogP contribution in [0.2, 0.25) is 0 Å². The largest absolute Gasteiger partial charge is 0.493 e. The van der Waals surface area contributed by atoms with Gasteiger partial charge in [-0.3, -0.25) is 24.3 Å². The number of fused-ring (bicyclic) bond motifs is 1. The molecule has 1 aromatic carbocycles. The Bertz CT molecular complexity index is 1410. The van der Waals surface area contributed by atoms with Gasteiger partial charge in [-0.1, -0.05) is 12.1 Å². The highest BCUT2D eigenvalue weighted by Gasteiger charge is 2.34. The van der Waals surface area contributed by atoms with E-state index in [1.807, 2.05) is 25.1 Å². The van der Waals surface area contributed by atoms with Gasteiger partial charge in [0.1, 0.15) is 18.0 Å². The molecule has 13 heteroatoms. The van der Waals surface area contributed by atoms with Crippen LogP contribution in [0.5, 0.6) is 5.75 Å². The van der Waals surface area contributed by atoms with Crippen LogP contribution >= 0.6 is 11.8 Å².